The second-order valence-corrected chi connectivity index (χ2v) is 5.16. The zero-order chi connectivity index (χ0) is 12.5. The maximum atomic E-state index is 6.05. The summed E-state index contributed by atoms with van der Waals surface area (Å²) in [6, 6.07) is 16.8. The SMILES string of the molecule is COc1cc(C2CC2c2ccccc2)ccc1Cl. The van der Waals surface area contributed by atoms with E-state index in [1.54, 1.807) is 7.11 Å². The van der Waals surface area contributed by atoms with Crippen molar-refractivity contribution in [2.75, 3.05) is 7.11 Å². The number of benzene rings is 2. The number of hydrogen-bond acceptors (Lipinski definition) is 1. The van der Waals surface area contributed by atoms with Crippen LogP contribution in [0.5, 0.6) is 5.75 Å². The Labute approximate surface area is 112 Å². The summed E-state index contributed by atoms with van der Waals surface area (Å²) in [7, 11) is 1.66. The molecule has 0 spiro atoms. The summed E-state index contributed by atoms with van der Waals surface area (Å²) >= 11 is 6.05. The lowest BCUT2D eigenvalue weighted by Crippen LogP contribution is -1.88. The van der Waals surface area contributed by atoms with Crippen LogP contribution in [-0.2, 0) is 0 Å². The van der Waals surface area contributed by atoms with Crippen molar-refractivity contribution in [2.45, 2.75) is 18.3 Å². The zero-order valence-corrected chi connectivity index (χ0v) is 11.0. The van der Waals surface area contributed by atoms with Crippen LogP contribution in [0.4, 0.5) is 0 Å². The lowest BCUT2D eigenvalue weighted by Gasteiger charge is -2.06. The van der Waals surface area contributed by atoms with E-state index in [1.165, 1.54) is 17.5 Å². The highest BCUT2D eigenvalue weighted by atomic mass is 35.5. The van der Waals surface area contributed by atoms with Gasteiger partial charge in [0.15, 0.2) is 0 Å². The number of rotatable bonds is 3. The summed E-state index contributed by atoms with van der Waals surface area (Å²) in [5.74, 6) is 2.03. The summed E-state index contributed by atoms with van der Waals surface area (Å²) in [4.78, 5) is 0. The quantitative estimate of drug-likeness (QED) is 0.781. The molecule has 0 bridgehead atoms. The summed E-state index contributed by atoms with van der Waals surface area (Å²) in [5, 5.41) is 0.679. The minimum Gasteiger partial charge on any atom is -0.495 e. The van der Waals surface area contributed by atoms with E-state index in [-0.39, 0.29) is 0 Å². The van der Waals surface area contributed by atoms with Gasteiger partial charge in [-0.3, -0.25) is 0 Å². The molecule has 0 radical (unpaired) electrons. The summed E-state index contributed by atoms with van der Waals surface area (Å²) in [6.45, 7) is 0. The van der Waals surface area contributed by atoms with E-state index in [0.717, 1.165) is 5.75 Å². The van der Waals surface area contributed by atoms with Crippen molar-refractivity contribution in [3.63, 3.8) is 0 Å². The van der Waals surface area contributed by atoms with E-state index in [2.05, 4.69) is 42.5 Å². The van der Waals surface area contributed by atoms with E-state index in [1.807, 2.05) is 6.07 Å². The normalized spacial score (nSPS) is 21.7. The first kappa shape index (κ1) is 11.6. The second-order valence-electron chi connectivity index (χ2n) is 4.75. The predicted octanol–water partition coefficient (Wildman–Crippen LogP) is 4.62. The molecule has 18 heavy (non-hydrogen) atoms. The van der Waals surface area contributed by atoms with Gasteiger partial charge in [-0.15, -0.1) is 0 Å². The molecule has 2 aromatic carbocycles. The fourth-order valence-corrected chi connectivity index (χ4v) is 2.73. The van der Waals surface area contributed by atoms with Crippen molar-refractivity contribution < 1.29 is 4.74 Å². The van der Waals surface area contributed by atoms with Gasteiger partial charge >= 0.3 is 0 Å². The van der Waals surface area contributed by atoms with Crippen molar-refractivity contribution in [3.05, 3.63) is 64.7 Å². The Kier molecular flexibility index (Phi) is 3.00. The molecule has 1 nitrogen and oxygen atoms in total. The van der Waals surface area contributed by atoms with Gasteiger partial charge in [0.05, 0.1) is 12.1 Å². The smallest absolute Gasteiger partial charge is 0.137 e. The molecule has 1 saturated carbocycles. The maximum Gasteiger partial charge on any atom is 0.137 e. The van der Waals surface area contributed by atoms with Gasteiger partial charge in [-0.2, -0.15) is 0 Å². The first-order chi connectivity index (χ1) is 8.79. The zero-order valence-electron chi connectivity index (χ0n) is 10.3. The van der Waals surface area contributed by atoms with Crippen molar-refractivity contribution >= 4 is 11.6 Å². The first-order valence-corrected chi connectivity index (χ1v) is 6.56. The fourth-order valence-electron chi connectivity index (χ4n) is 2.54. The Bertz CT molecular complexity index is 550. The minimum atomic E-state index is 0.610. The van der Waals surface area contributed by atoms with Crippen LogP contribution in [0.1, 0.15) is 29.4 Å². The highest BCUT2D eigenvalue weighted by Gasteiger charge is 2.39. The molecule has 1 aliphatic carbocycles. The van der Waals surface area contributed by atoms with Crippen LogP contribution in [-0.4, -0.2) is 7.11 Å². The van der Waals surface area contributed by atoms with Gasteiger partial charge in [0.25, 0.3) is 0 Å². The number of hydrogen-bond donors (Lipinski definition) is 0. The van der Waals surface area contributed by atoms with Crippen molar-refractivity contribution in [1.82, 2.24) is 0 Å². The van der Waals surface area contributed by atoms with Gasteiger partial charge < -0.3 is 4.74 Å². The lowest BCUT2D eigenvalue weighted by atomic mass is 10.0. The van der Waals surface area contributed by atoms with Crippen molar-refractivity contribution in [2.24, 2.45) is 0 Å². The molecule has 0 saturated heterocycles. The second kappa shape index (κ2) is 4.66. The molecule has 2 heteroatoms. The number of halogens is 1. The molecule has 1 fully saturated rings. The summed E-state index contributed by atoms with van der Waals surface area (Å²) in [5.41, 5.74) is 2.75. The van der Waals surface area contributed by atoms with E-state index in [4.69, 9.17) is 16.3 Å². The molecule has 1 aliphatic rings. The molecular weight excluding hydrogens is 244 g/mol. The Morgan fingerprint density at radius 1 is 1.00 bits per heavy atom. The van der Waals surface area contributed by atoms with E-state index >= 15 is 0 Å². The Morgan fingerprint density at radius 3 is 2.44 bits per heavy atom. The van der Waals surface area contributed by atoms with Crippen LogP contribution < -0.4 is 4.74 Å². The van der Waals surface area contributed by atoms with Gasteiger partial charge in [0, 0.05) is 0 Å². The largest absolute Gasteiger partial charge is 0.495 e. The minimum absolute atomic E-state index is 0.610. The lowest BCUT2D eigenvalue weighted by molar-refractivity contribution is 0.414. The van der Waals surface area contributed by atoms with Gasteiger partial charge in [-0.05, 0) is 41.5 Å². The third-order valence-corrected chi connectivity index (χ3v) is 3.93. The van der Waals surface area contributed by atoms with Crippen LogP contribution in [0.15, 0.2) is 48.5 Å². The monoisotopic (exact) mass is 258 g/mol. The Morgan fingerprint density at radius 2 is 1.72 bits per heavy atom. The Hall–Kier alpha value is -1.47. The fraction of sp³-hybridized carbons (Fsp3) is 0.250. The standard InChI is InChI=1S/C16H15ClO/c1-18-16-9-12(7-8-15(16)17)14-10-13(14)11-5-3-2-4-6-11/h2-9,13-14H,10H2,1H3. The third-order valence-electron chi connectivity index (χ3n) is 3.62. The molecule has 0 aromatic heterocycles. The average molecular weight is 259 g/mol. The highest BCUT2D eigenvalue weighted by Crippen LogP contribution is 2.55. The molecular formula is C16H15ClO. The number of ether oxygens (including phenoxy) is 1. The predicted molar refractivity (Wildman–Crippen MR) is 74.5 cm³/mol. The van der Waals surface area contributed by atoms with Gasteiger partial charge in [0.2, 0.25) is 0 Å². The average Bonchev–Trinajstić information content (AvgIpc) is 3.21. The molecule has 2 unspecified atom stereocenters. The summed E-state index contributed by atoms with van der Waals surface area (Å²) in [6.07, 6.45) is 1.22. The molecule has 0 aliphatic heterocycles. The number of methoxy groups -OCH3 is 1. The molecule has 2 atom stereocenters. The van der Waals surface area contributed by atoms with E-state index < -0.39 is 0 Å². The topological polar surface area (TPSA) is 9.23 Å². The van der Waals surface area contributed by atoms with Gasteiger partial charge in [-0.1, -0.05) is 48.0 Å². The molecule has 0 N–H and O–H groups in total. The maximum absolute atomic E-state index is 6.05. The highest BCUT2D eigenvalue weighted by molar-refractivity contribution is 6.32. The molecule has 2 aromatic rings. The molecule has 92 valence electrons. The third kappa shape index (κ3) is 2.11. The molecule has 3 rings (SSSR count). The van der Waals surface area contributed by atoms with Crippen molar-refractivity contribution in [3.8, 4) is 5.75 Å². The Balaban J connectivity index is 1.82. The van der Waals surface area contributed by atoms with Crippen LogP contribution in [0.3, 0.4) is 0 Å². The van der Waals surface area contributed by atoms with E-state index in [0.29, 0.717) is 16.9 Å². The molecule has 0 amide bonds. The van der Waals surface area contributed by atoms with Crippen LogP contribution >= 0.6 is 11.6 Å². The van der Waals surface area contributed by atoms with Gasteiger partial charge in [-0.25, -0.2) is 0 Å². The van der Waals surface area contributed by atoms with Crippen molar-refractivity contribution in [1.29, 1.82) is 0 Å². The molecule has 0 heterocycles. The summed E-state index contributed by atoms with van der Waals surface area (Å²) < 4.78 is 5.27. The van der Waals surface area contributed by atoms with Gasteiger partial charge in [0.1, 0.15) is 5.75 Å². The first-order valence-electron chi connectivity index (χ1n) is 6.18. The van der Waals surface area contributed by atoms with Crippen LogP contribution in [0, 0.1) is 0 Å². The van der Waals surface area contributed by atoms with E-state index in [9.17, 15) is 0 Å². The van der Waals surface area contributed by atoms with Crippen LogP contribution in [0.2, 0.25) is 5.02 Å². The van der Waals surface area contributed by atoms with Crippen LogP contribution in [0.25, 0.3) is 0 Å².